The summed E-state index contributed by atoms with van der Waals surface area (Å²) in [6.45, 7) is 9.94. The Kier molecular flexibility index (Phi) is 6.37. The van der Waals surface area contributed by atoms with Crippen LogP contribution in [-0.4, -0.2) is 41.7 Å². The van der Waals surface area contributed by atoms with E-state index in [0.717, 1.165) is 47.9 Å². The highest BCUT2D eigenvalue weighted by molar-refractivity contribution is 9.10. The minimum Gasteiger partial charge on any atom is -0.378 e. The van der Waals surface area contributed by atoms with Gasteiger partial charge in [0.25, 0.3) is 0 Å². The predicted molar refractivity (Wildman–Crippen MR) is 114 cm³/mol. The summed E-state index contributed by atoms with van der Waals surface area (Å²) in [5, 5.41) is 0. The van der Waals surface area contributed by atoms with Gasteiger partial charge in [-0.2, -0.15) is 0 Å². The lowest BCUT2D eigenvalue weighted by atomic mass is 10.1. The Hall–Kier alpha value is -1.37. The summed E-state index contributed by atoms with van der Waals surface area (Å²) in [5.41, 5.74) is 4.07. The van der Waals surface area contributed by atoms with Crippen molar-refractivity contribution in [1.29, 1.82) is 0 Å². The Bertz CT molecular complexity index is 765. The lowest BCUT2D eigenvalue weighted by Crippen LogP contribution is -2.36. The Morgan fingerprint density at radius 2 is 1.81 bits per heavy atom. The van der Waals surface area contributed by atoms with Gasteiger partial charge in [0.15, 0.2) is 0 Å². The molecule has 0 aliphatic carbocycles. The van der Waals surface area contributed by atoms with Crippen LogP contribution < -0.4 is 4.90 Å². The van der Waals surface area contributed by atoms with E-state index in [4.69, 9.17) is 9.13 Å². The third kappa shape index (κ3) is 5.32. The van der Waals surface area contributed by atoms with Crippen molar-refractivity contribution in [3.63, 3.8) is 0 Å². The average molecular weight is 434 g/mol. The first-order valence-corrected chi connectivity index (χ1v) is 10.3. The Morgan fingerprint density at radius 1 is 1.12 bits per heavy atom. The molecule has 0 radical (unpaired) electrons. The minimum atomic E-state index is 0.0466. The largest absolute Gasteiger partial charge is 0.378 e. The van der Waals surface area contributed by atoms with E-state index in [9.17, 15) is 0 Å². The van der Waals surface area contributed by atoms with Crippen LogP contribution in [0.2, 0.25) is 0 Å². The molecular formula is C20H24BrN3OS. The molecule has 0 unspecified atom stereocenters. The maximum Gasteiger partial charge on any atom is 0.106 e. The molecule has 1 fully saturated rings. The molecule has 0 spiro atoms. The first kappa shape index (κ1) is 19.4. The van der Waals surface area contributed by atoms with Crippen LogP contribution in [0.3, 0.4) is 0 Å². The number of hydrogen-bond donors (Lipinski definition) is 0. The van der Waals surface area contributed by atoms with Gasteiger partial charge in [-0.1, -0.05) is 18.2 Å². The zero-order valence-corrected chi connectivity index (χ0v) is 17.8. The van der Waals surface area contributed by atoms with Gasteiger partial charge in [-0.3, -0.25) is 0 Å². The number of halogens is 1. The van der Waals surface area contributed by atoms with Gasteiger partial charge >= 0.3 is 0 Å². The molecule has 1 aliphatic rings. The quantitative estimate of drug-likeness (QED) is 0.387. The SMILES string of the molecule is CC(C)(C)S/N=C(/c1ccc(N2CCOCC2)cc1)c1cccc(Br)n1. The molecule has 0 atom stereocenters. The summed E-state index contributed by atoms with van der Waals surface area (Å²) in [6.07, 6.45) is 0. The molecule has 1 aromatic carbocycles. The highest BCUT2D eigenvalue weighted by Gasteiger charge is 2.16. The zero-order valence-electron chi connectivity index (χ0n) is 15.4. The van der Waals surface area contributed by atoms with Crippen molar-refractivity contribution >= 4 is 39.3 Å². The van der Waals surface area contributed by atoms with Crippen LogP contribution in [0.25, 0.3) is 0 Å². The van der Waals surface area contributed by atoms with Gasteiger partial charge in [0.1, 0.15) is 10.3 Å². The minimum absolute atomic E-state index is 0.0466. The van der Waals surface area contributed by atoms with Gasteiger partial charge in [-0.15, -0.1) is 0 Å². The first-order valence-electron chi connectivity index (χ1n) is 8.75. The van der Waals surface area contributed by atoms with E-state index in [-0.39, 0.29) is 4.75 Å². The van der Waals surface area contributed by atoms with Gasteiger partial charge < -0.3 is 9.64 Å². The number of pyridine rings is 1. The number of morpholine rings is 1. The van der Waals surface area contributed by atoms with Gasteiger partial charge in [-0.25, -0.2) is 9.38 Å². The summed E-state index contributed by atoms with van der Waals surface area (Å²) in [5.74, 6) is 0. The van der Waals surface area contributed by atoms with E-state index >= 15 is 0 Å². The van der Waals surface area contributed by atoms with E-state index < -0.39 is 0 Å². The fraction of sp³-hybridized carbons (Fsp3) is 0.400. The van der Waals surface area contributed by atoms with Crippen LogP contribution >= 0.6 is 27.9 Å². The highest BCUT2D eigenvalue weighted by Crippen LogP contribution is 2.27. The first-order chi connectivity index (χ1) is 12.4. The van der Waals surface area contributed by atoms with Crippen LogP contribution in [0.5, 0.6) is 0 Å². The molecule has 3 rings (SSSR count). The monoisotopic (exact) mass is 433 g/mol. The molecule has 2 aromatic rings. The second kappa shape index (κ2) is 8.55. The summed E-state index contributed by atoms with van der Waals surface area (Å²) in [6, 6.07) is 14.5. The third-order valence-corrected chi connectivity index (χ3v) is 5.15. The molecule has 1 aromatic heterocycles. The van der Waals surface area contributed by atoms with Crippen molar-refractivity contribution in [1.82, 2.24) is 4.98 Å². The molecule has 0 amide bonds. The number of ether oxygens (including phenoxy) is 1. The molecule has 26 heavy (non-hydrogen) atoms. The predicted octanol–water partition coefficient (Wildman–Crippen LogP) is 4.96. The molecule has 1 saturated heterocycles. The fourth-order valence-corrected chi connectivity index (χ4v) is 3.53. The topological polar surface area (TPSA) is 37.7 Å². The van der Waals surface area contributed by atoms with E-state index in [1.54, 1.807) is 11.9 Å². The summed E-state index contributed by atoms with van der Waals surface area (Å²) >= 11 is 5.04. The fourth-order valence-electron chi connectivity index (χ4n) is 2.62. The van der Waals surface area contributed by atoms with E-state index in [1.165, 1.54) is 5.69 Å². The lowest BCUT2D eigenvalue weighted by molar-refractivity contribution is 0.122. The maximum atomic E-state index is 5.44. The van der Waals surface area contributed by atoms with E-state index in [1.807, 2.05) is 18.2 Å². The molecule has 1 aliphatic heterocycles. The van der Waals surface area contributed by atoms with Crippen molar-refractivity contribution < 1.29 is 4.74 Å². The lowest BCUT2D eigenvalue weighted by Gasteiger charge is -2.29. The van der Waals surface area contributed by atoms with Gasteiger partial charge in [-0.05, 0) is 72.9 Å². The molecule has 0 N–H and O–H groups in total. The zero-order chi connectivity index (χ0) is 18.6. The standard InChI is InChI=1S/C20H24BrN3OS/c1-20(2,3)26-23-19(17-5-4-6-18(21)22-17)15-7-9-16(10-8-15)24-11-13-25-14-12-24/h4-10H,11-14H2,1-3H3/b23-19-. The Morgan fingerprint density at radius 3 is 2.42 bits per heavy atom. The van der Waals surface area contributed by atoms with Crippen molar-refractivity contribution in [3.05, 3.63) is 58.3 Å². The van der Waals surface area contributed by atoms with Gasteiger partial charge in [0.2, 0.25) is 0 Å². The van der Waals surface area contributed by atoms with Crippen LogP contribution in [0.15, 0.2) is 51.5 Å². The Labute approximate surface area is 168 Å². The van der Waals surface area contributed by atoms with Crippen molar-refractivity contribution in [2.45, 2.75) is 25.5 Å². The van der Waals surface area contributed by atoms with Crippen LogP contribution in [-0.2, 0) is 4.74 Å². The number of nitrogens with zero attached hydrogens (tertiary/aromatic N) is 3. The number of benzene rings is 1. The van der Waals surface area contributed by atoms with Crippen molar-refractivity contribution in [2.75, 3.05) is 31.2 Å². The number of anilines is 1. The molecule has 2 heterocycles. The number of rotatable bonds is 4. The maximum absolute atomic E-state index is 5.44. The molecule has 4 nitrogen and oxygen atoms in total. The third-order valence-electron chi connectivity index (χ3n) is 3.89. The summed E-state index contributed by atoms with van der Waals surface area (Å²) in [7, 11) is 0. The molecule has 0 saturated carbocycles. The normalized spacial score (nSPS) is 16.0. The van der Waals surface area contributed by atoms with Gasteiger partial charge in [0, 0.05) is 29.1 Å². The summed E-state index contributed by atoms with van der Waals surface area (Å²) < 4.78 is 11.1. The molecule has 6 heteroatoms. The second-order valence-corrected chi connectivity index (χ2v) is 9.54. The second-order valence-electron chi connectivity index (χ2n) is 7.14. The van der Waals surface area contributed by atoms with Crippen molar-refractivity contribution in [2.24, 2.45) is 4.40 Å². The smallest absolute Gasteiger partial charge is 0.106 e. The summed E-state index contributed by atoms with van der Waals surface area (Å²) in [4.78, 5) is 6.96. The van der Waals surface area contributed by atoms with E-state index in [0.29, 0.717) is 0 Å². The van der Waals surface area contributed by atoms with Crippen molar-refractivity contribution in [3.8, 4) is 0 Å². The molecule has 138 valence electrons. The van der Waals surface area contributed by atoms with Crippen LogP contribution in [0.4, 0.5) is 5.69 Å². The van der Waals surface area contributed by atoms with Crippen LogP contribution in [0.1, 0.15) is 32.0 Å². The number of hydrogen-bond acceptors (Lipinski definition) is 5. The molecule has 0 bridgehead atoms. The van der Waals surface area contributed by atoms with E-state index in [2.05, 4.69) is 70.9 Å². The van der Waals surface area contributed by atoms with Gasteiger partial charge in [0.05, 0.1) is 18.9 Å². The highest BCUT2D eigenvalue weighted by atomic mass is 79.9. The van der Waals surface area contributed by atoms with Crippen LogP contribution in [0, 0.1) is 0 Å². The Balaban J connectivity index is 1.91. The molecular weight excluding hydrogens is 410 g/mol. The number of aromatic nitrogens is 1. The average Bonchev–Trinajstić information content (AvgIpc) is 2.62.